The molecule has 3 nitrogen and oxygen atoms in total. The fourth-order valence-electron chi connectivity index (χ4n) is 2.47. The maximum Gasteiger partial charge on any atom is 0.313 e. The Labute approximate surface area is 134 Å². The van der Waals surface area contributed by atoms with Crippen LogP contribution < -0.4 is 0 Å². The number of benzene rings is 1. The van der Waals surface area contributed by atoms with Gasteiger partial charge in [-0.2, -0.15) is 0 Å². The SMILES string of the molecule is Cc1c(C(C)C(=O)OC(C)(C)C)cc(C(C)(C)C)c(O)c1C. The van der Waals surface area contributed by atoms with Crippen molar-refractivity contribution in [1.82, 2.24) is 0 Å². The van der Waals surface area contributed by atoms with Gasteiger partial charge in [0.15, 0.2) is 0 Å². The zero-order chi connectivity index (χ0) is 17.5. The van der Waals surface area contributed by atoms with E-state index >= 15 is 0 Å². The fraction of sp³-hybridized carbons (Fsp3) is 0.632. The minimum absolute atomic E-state index is 0.190. The molecule has 0 radical (unpaired) electrons. The van der Waals surface area contributed by atoms with Gasteiger partial charge < -0.3 is 9.84 Å². The smallest absolute Gasteiger partial charge is 0.313 e. The van der Waals surface area contributed by atoms with E-state index in [-0.39, 0.29) is 17.3 Å². The number of rotatable bonds is 2. The number of carbonyl (C=O) groups is 1. The molecule has 1 unspecified atom stereocenters. The number of hydrogen-bond acceptors (Lipinski definition) is 3. The first-order valence-electron chi connectivity index (χ1n) is 7.82. The number of ether oxygens (including phenoxy) is 1. The molecule has 0 bridgehead atoms. The average molecular weight is 306 g/mol. The zero-order valence-corrected chi connectivity index (χ0v) is 15.4. The Kier molecular flexibility index (Phi) is 5.01. The molecule has 1 N–H and O–H groups in total. The first kappa shape index (κ1) is 18.5. The molecule has 0 heterocycles. The third-order valence-electron chi connectivity index (χ3n) is 3.94. The highest BCUT2D eigenvalue weighted by atomic mass is 16.6. The molecular weight excluding hydrogens is 276 g/mol. The number of carbonyl (C=O) groups excluding carboxylic acids is 1. The molecule has 22 heavy (non-hydrogen) atoms. The number of phenols is 1. The maximum absolute atomic E-state index is 12.4. The van der Waals surface area contributed by atoms with Gasteiger partial charge in [-0.25, -0.2) is 0 Å². The summed E-state index contributed by atoms with van der Waals surface area (Å²) in [6, 6.07) is 1.95. The number of hydrogen-bond donors (Lipinski definition) is 1. The third kappa shape index (κ3) is 4.02. The fourth-order valence-corrected chi connectivity index (χ4v) is 2.47. The van der Waals surface area contributed by atoms with Crippen LogP contribution >= 0.6 is 0 Å². The summed E-state index contributed by atoms with van der Waals surface area (Å²) >= 11 is 0. The van der Waals surface area contributed by atoms with Gasteiger partial charge in [-0.1, -0.05) is 26.8 Å². The molecule has 0 amide bonds. The molecule has 1 aromatic carbocycles. The highest BCUT2D eigenvalue weighted by Crippen LogP contribution is 2.38. The Balaban J connectivity index is 3.36. The van der Waals surface area contributed by atoms with Crippen molar-refractivity contribution in [2.24, 2.45) is 0 Å². The Morgan fingerprint density at radius 3 is 2.00 bits per heavy atom. The van der Waals surface area contributed by atoms with E-state index in [0.29, 0.717) is 5.75 Å². The lowest BCUT2D eigenvalue weighted by atomic mass is 9.80. The normalized spacial score (nSPS) is 13.9. The highest BCUT2D eigenvalue weighted by Gasteiger charge is 2.28. The molecule has 0 fully saturated rings. The predicted molar refractivity (Wildman–Crippen MR) is 90.5 cm³/mol. The van der Waals surface area contributed by atoms with Crippen LogP contribution in [0.4, 0.5) is 0 Å². The van der Waals surface area contributed by atoms with Crippen LogP contribution in [0.25, 0.3) is 0 Å². The second-order valence-electron chi connectivity index (χ2n) is 8.12. The van der Waals surface area contributed by atoms with Gasteiger partial charge in [-0.3, -0.25) is 4.79 Å². The van der Waals surface area contributed by atoms with E-state index in [1.54, 1.807) is 0 Å². The molecule has 1 rings (SSSR count). The van der Waals surface area contributed by atoms with E-state index in [0.717, 1.165) is 22.3 Å². The van der Waals surface area contributed by atoms with E-state index < -0.39 is 5.60 Å². The standard InChI is InChI=1S/C19H30O3/c1-11-12(2)16(20)15(18(4,5)6)10-14(11)13(3)17(21)22-19(7,8)9/h10,13,20H,1-9H3. The minimum Gasteiger partial charge on any atom is -0.507 e. The van der Waals surface area contributed by atoms with Crippen molar-refractivity contribution in [1.29, 1.82) is 0 Å². The lowest BCUT2D eigenvalue weighted by molar-refractivity contribution is -0.156. The number of esters is 1. The lowest BCUT2D eigenvalue weighted by Gasteiger charge is -2.27. The lowest BCUT2D eigenvalue weighted by Crippen LogP contribution is -2.27. The first-order valence-corrected chi connectivity index (χ1v) is 7.82. The predicted octanol–water partition coefficient (Wildman–Crippen LogP) is 4.75. The Bertz CT molecular complexity index is 572. The van der Waals surface area contributed by atoms with Gasteiger partial charge in [0, 0.05) is 0 Å². The van der Waals surface area contributed by atoms with Crippen LogP contribution in [0.5, 0.6) is 5.75 Å². The summed E-state index contributed by atoms with van der Waals surface area (Å²) in [5, 5.41) is 10.4. The van der Waals surface area contributed by atoms with Crippen LogP contribution in [0.3, 0.4) is 0 Å². The van der Waals surface area contributed by atoms with Crippen LogP contribution in [0.1, 0.15) is 76.6 Å². The molecule has 0 aliphatic rings. The topological polar surface area (TPSA) is 46.5 Å². The van der Waals surface area contributed by atoms with Crippen molar-refractivity contribution < 1.29 is 14.6 Å². The molecule has 0 saturated carbocycles. The average Bonchev–Trinajstić information content (AvgIpc) is 2.31. The summed E-state index contributed by atoms with van der Waals surface area (Å²) in [6.45, 7) is 17.5. The minimum atomic E-state index is -0.502. The van der Waals surface area contributed by atoms with Crippen molar-refractivity contribution >= 4 is 5.97 Å². The second-order valence-corrected chi connectivity index (χ2v) is 8.12. The molecule has 0 aliphatic carbocycles. The summed E-state index contributed by atoms with van der Waals surface area (Å²) in [6.07, 6.45) is 0. The third-order valence-corrected chi connectivity index (χ3v) is 3.94. The van der Waals surface area contributed by atoms with E-state index in [2.05, 4.69) is 20.8 Å². The molecule has 3 heteroatoms. The monoisotopic (exact) mass is 306 g/mol. The van der Waals surface area contributed by atoms with Gasteiger partial charge >= 0.3 is 5.97 Å². The van der Waals surface area contributed by atoms with Crippen molar-refractivity contribution in [3.05, 3.63) is 28.3 Å². The molecular formula is C19H30O3. The molecule has 0 saturated heterocycles. The summed E-state index contributed by atoms with van der Waals surface area (Å²) in [5.41, 5.74) is 2.88. The van der Waals surface area contributed by atoms with Crippen LogP contribution in [-0.2, 0) is 14.9 Å². The highest BCUT2D eigenvalue weighted by molar-refractivity contribution is 5.79. The molecule has 1 atom stereocenters. The van der Waals surface area contributed by atoms with Crippen molar-refractivity contribution in [2.75, 3.05) is 0 Å². The van der Waals surface area contributed by atoms with Crippen LogP contribution in [0.15, 0.2) is 6.07 Å². The number of aromatic hydroxyl groups is 1. The van der Waals surface area contributed by atoms with Gasteiger partial charge in [0.2, 0.25) is 0 Å². The Hall–Kier alpha value is -1.51. The van der Waals surface area contributed by atoms with Crippen LogP contribution in [-0.4, -0.2) is 16.7 Å². The van der Waals surface area contributed by atoms with Crippen LogP contribution in [0.2, 0.25) is 0 Å². The Morgan fingerprint density at radius 1 is 1.09 bits per heavy atom. The zero-order valence-electron chi connectivity index (χ0n) is 15.4. The second kappa shape index (κ2) is 5.94. The molecule has 0 aromatic heterocycles. The largest absolute Gasteiger partial charge is 0.507 e. The van der Waals surface area contributed by atoms with E-state index in [9.17, 15) is 9.90 Å². The first-order chi connectivity index (χ1) is 9.75. The molecule has 0 aliphatic heterocycles. The van der Waals surface area contributed by atoms with Crippen LogP contribution in [0, 0.1) is 13.8 Å². The van der Waals surface area contributed by atoms with Gasteiger partial charge in [0.25, 0.3) is 0 Å². The quantitative estimate of drug-likeness (QED) is 0.802. The van der Waals surface area contributed by atoms with Gasteiger partial charge in [0.05, 0.1) is 5.92 Å². The van der Waals surface area contributed by atoms with E-state index in [4.69, 9.17) is 4.74 Å². The molecule has 0 spiro atoms. The van der Waals surface area contributed by atoms with Gasteiger partial charge in [-0.15, -0.1) is 0 Å². The van der Waals surface area contributed by atoms with E-state index in [1.807, 2.05) is 47.6 Å². The Morgan fingerprint density at radius 2 is 1.59 bits per heavy atom. The summed E-state index contributed by atoms with van der Waals surface area (Å²) < 4.78 is 5.50. The summed E-state index contributed by atoms with van der Waals surface area (Å²) in [4.78, 5) is 12.4. The summed E-state index contributed by atoms with van der Waals surface area (Å²) in [5.74, 6) is -0.273. The molecule has 124 valence electrons. The van der Waals surface area contributed by atoms with Crippen molar-refractivity contribution in [3.63, 3.8) is 0 Å². The van der Waals surface area contributed by atoms with Gasteiger partial charge in [0.1, 0.15) is 11.4 Å². The number of phenolic OH excluding ortho intramolecular Hbond substituents is 1. The van der Waals surface area contributed by atoms with E-state index in [1.165, 1.54) is 0 Å². The molecule has 1 aromatic rings. The van der Waals surface area contributed by atoms with Crippen molar-refractivity contribution in [2.45, 2.75) is 79.2 Å². The maximum atomic E-state index is 12.4. The summed E-state index contributed by atoms with van der Waals surface area (Å²) in [7, 11) is 0. The van der Waals surface area contributed by atoms with Crippen molar-refractivity contribution in [3.8, 4) is 5.75 Å². The van der Waals surface area contributed by atoms with Gasteiger partial charge in [-0.05, 0) is 69.2 Å².